The highest BCUT2D eigenvalue weighted by Crippen LogP contribution is 2.35. The van der Waals surface area contributed by atoms with Crippen LogP contribution in [-0.2, 0) is 19.3 Å². The number of para-hydroxylation sites is 3. The third-order valence-electron chi connectivity index (χ3n) is 3.23. The van der Waals surface area contributed by atoms with Gasteiger partial charge in [0.2, 0.25) is 0 Å². The van der Waals surface area contributed by atoms with Crippen LogP contribution in [0.2, 0.25) is 10.0 Å². The predicted molar refractivity (Wildman–Crippen MR) is 118 cm³/mol. The molecule has 2 rings (SSSR count). The van der Waals surface area contributed by atoms with E-state index in [1.165, 1.54) is 6.92 Å². The molecule has 0 aliphatic heterocycles. The number of anilines is 2. The molecular formula is C20H26Cl2N2O8. The number of halogens is 2. The molecule has 10 nitrogen and oxygen atoms in total. The molecule has 0 aliphatic rings. The lowest BCUT2D eigenvalue weighted by atomic mass is 10.2. The number of benzene rings is 2. The SMILES string of the molecule is CC(=O)Oc1ccccc1Nc1c(Cl)cccc1Cl.OCCON(OCCO)OCCO. The van der Waals surface area contributed by atoms with E-state index < -0.39 is 0 Å². The maximum Gasteiger partial charge on any atom is 0.308 e. The van der Waals surface area contributed by atoms with Crippen LogP contribution >= 0.6 is 23.2 Å². The van der Waals surface area contributed by atoms with Crippen molar-refractivity contribution in [2.24, 2.45) is 0 Å². The normalized spacial score (nSPS) is 10.5. The maximum atomic E-state index is 11.0. The van der Waals surface area contributed by atoms with Crippen molar-refractivity contribution in [3.63, 3.8) is 0 Å². The van der Waals surface area contributed by atoms with Gasteiger partial charge in [-0.25, -0.2) is 14.5 Å². The fraction of sp³-hybridized carbons (Fsp3) is 0.350. The van der Waals surface area contributed by atoms with Gasteiger partial charge in [0.1, 0.15) is 0 Å². The van der Waals surface area contributed by atoms with Crippen molar-refractivity contribution in [3.8, 4) is 5.75 Å². The predicted octanol–water partition coefficient (Wildman–Crippen LogP) is 2.72. The summed E-state index contributed by atoms with van der Waals surface area (Å²) in [7, 11) is 0. The van der Waals surface area contributed by atoms with E-state index in [1.807, 2.05) is 6.07 Å². The fourth-order valence-corrected chi connectivity index (χ4v) is 2.52. The van der Waals surface area contributed by atoms with Crippen LogP contribution in [0.5, 0.6) is 5.75 Å². The molecule has 2 aromatic carbocycles. The molecule has 0 radical (unpaired) electrons. The molecule has 0 fully saturated rings. The average Bonchev–Trinajstić information content (AvgIpc) is 2.77. The van der Waals surface area contributed by atoms with E-state index in [0.29, 0.717) is 32.6 Å². The topological polar surface area (TPSA) is 130 Å². The van der Waals surface area contributed by atoms with Crippen molar-refractivity contribution in [1.29, 1.82) is 0 Å². The van der Waals surface area contributed by atoms with Gasteiger partial charge in [0.15, 0.2) is 5.75 Å². The number of aliphatic hydroxyl groups is 3. The summed E-state index contributed by atoms with van der Waals surface area (Å²) in [4.78, 5) is 25.2. The van der Waals surface area contributed by atoms with E-state index in [9.17, 15) is 4.79 Å². The monoisotopic (exact) mass is 492 g/mol. The fourth-order valence-electron chi connectivity index (χ4n) is 2.02. The van der Waals surface area contributed by atoms with Gasteiger partial charge in [0.25, 0.3) is 0 Å². The largest absolute Gasteiger partial charge is 0.424 e. The first-order valence-electron chi connectivity index (χ1n) is 9.42. The zero-order chi connectivity index (χ0) is 23.8. The molecule has 2 aromatic rings. The van der Waals surface area contributed by atoms with Crippen LogP contribution in [0.3, 0.4) is 0 Å². The van der Waals surface area contributed by atoms with Gasteiger partial charge in [-0.15, -0.1) is 0 Å². The van der Waals surface area contributed by atoms with Crippen LogP contribution in [0.1, 0.15) is 6.92 Å². The minimum atomic E-state index is -0.389. The van der Waals surface area contributed by atoms with Crippen molar-refractivity contribution in [2.45, 2.75) is 6.92 Å². The van der Waals surface area contributed by atoms with Gasteiger partial charge in [-0.3, -0.25) is 4.79 Å². The molecule has 0 bridgehead atoms. The van der Waals surface area contributed by atoms with Gasteiger partial charge < -0.3 is 25.4 Å². The number of aliphatic hydroxyl groups excluding tert-OH is 3. The van der Waals surface area contributed by atoms with Gasteiger partial charge in [-0.2, -0.15) is 0 Å². The lowest BCUT2D eigenvalue weighted by molar-refractivity contribution is -0.527. The summed E-state index contributed by atoms with van der Waals surface area (Å²) in [5.41, 5.74) is 1.19. The van der Waals surface area contributed by atoms with E-state index in [2.05, 4.69) is 5.32 Å². The minimum Gasteiger partial charge on any atom is -0.424 e. The highest BCUT2D eigenvalue weighted by molar-refractivity contribution is 6.39. The second-order valence-electron chi connectivity index (χ2n) is 5.71. The molecule has 0 saturated carbocycles. The number of nitrogens with zero attached hydrogens (tertiary/aromatic N) is 1. The minimum absolute atomic E-state index is 0.0108. The van der Waals surface area contributed by atoms with Crippen molar-refractivity contribution < 1.29 is 39.4 Å². The number of ether oxygens (including phenoxy) is 1. The Kier molecular flexibility index (Phi) is 14.6. The summed E-state index contributed by atoms with van der Waals surface area (Å²) < 4.78 is 5.11. The van der Waals surface area contributed by atoms with Gasteiger partial charge in [0, 0.05) is 6.92 Å². The van der Waals surface area contributed by atoms with E-state index in [0.717, 1.165) is 0 Å². The van der Waals surface area contributed by atoms with Crippen LogP contribution in [0.4, 0.5) is 11.4 Å². The van der Waals surface area contributed by atoms with Crippen LogP contribution in [0.25, 0.3) is 0 Å². The summed E-state index contributed by atoms with van der Waals surface area (Å²) in [5, 5.41) is 29.9. The number of carbonyl (C=O) groups is 1. The Morgan fingerprint density at radius 2 is 1.38 bits per heavy atom. The Morgan fingerprint density at radius 3 is 1.84 bits per heavy atom. The highest BCUT2D eigenvalue weighted by atomic mass is 35.5. The average molecular weight is 493 g/mol. The molecule has 32 heavy (non-hydrogen) atoms. The molecule has 0 unspecified atom stereocenters. The second kappa shape index (κ2) is 16.6. The Morgan fingerprint density at radius 1 is 0.875 bits per heavy atom. The second-order valence-corrected chi connectivity index (χ2v) is 6.52. The standard InChI is InChI=1S/C14H11Cl2NO2.C6H15NO6/c1-9(18)19-13-8-3-2-7-12(13)17-14-10(15)5-4-6-11(14)16;8-1-4-11-7(12-5-2-9)13-6-3-10/h2-8,17H,1H3;8-10H,1-6H2. The van der Waals surface area contributed by atoms with Crippen molar-refractivity contribution in [3.05, 3.63) is 52.5 Å². The van der Waals surface area contributed by atoms with Crippen LogP contribution in [0, 0.1) is 0 Å². The van der Waals surface area contributed by atoms with Crippen molar-refractivity contribution in [1.82, 2.24) is 5.39 Å². The zero-order valence-electron chi connectivity index (χ0n) is 17.4. The van der Waals surface area contributed by atoms with Crippen LogP contribution in [-0.4, -0.2) is 66.3 Å². The van der Waals surface area contributed by atoms with E-state index in [4.69, 9.17) is 57.8 Å². The molecule has 0 heterocycles. The zero-order valence-corrected chi connectivity index (χ0v) is 18.9. The molecule has 0 spiro atoms. The molecule has 12 heteroatoms. The Balaban J connectivity index is 0.000000347. The van der Waals surface area contributed by atoms with Gasteiger partial charge >= 0.3 is 5.97 Å². The molecule has 0 atom stereocenters. The molecule has 0 aromatic heterocycles. The first-order valence-corrected chi connectivity index (χ1v) is 10.2. The molecule has 0 amide bonds. The molecule has 0 saturated heterocycles. The number of hydrogen-bond acceptors (Lipinski definition) is 10. The lowest BCUT2D eigenvalue weighted by Gasteiger charge is -2.17. The van der Waals surface area contributed by atoms with E-state index >= 15 is 0 Å². The summed E-state index contributed by atoms with van der Waals surface area (Å²) in [6.45, 7) is 0.842. The van der Waals surface area contributed by atoms with Gasteiger partial charge in [-0.05, 0) is 24.3 Å². The van der Waals surface area contributed by atoms with Gasteiger partial charge in [0.05, 0.1) is 66.5 Å². The summed E-state index contributed by atoms with van der Waals surface area (Å²) in [6.07, 6.45) is 0. The maximum absolute atomic E-state index is 11.0. The Bertz CT molecular complexity index is 774. The molecule has 178 valence electrons. The van der Waals surface area contributed by atoms with Crippen LogP contribution < -0.4 is 10.1 Å². The summed E-state index contributed by atoms with van der Waals surface area (Å²) in [6, 6.07) is 12.3. The summed E-state index contributed by atoms with van der Waals surface area (Å²) >= 11 is 12.2. The number of esters is 1. The number of nitrogens with one attached hydrogen (secondary N) is 1. The van der Waals surface area contributed by atoms with Crippen molar-refractivity contribution >= 4 is 40.5 Å². The number of hydrogen-bond donors (Lipinski definition) is 4. The Labute approximate surface area is 195 Å². The quantitative estimate of drug-likeness (QED) is 0.199. The van der Waals surface area contributed by atoms with Gasteiger partial charge in [-0.1, -0.05) is 41.4 Å². The Hall–Kier alpha value is -1.99. The van der Waals surface area contributed by atoms with Crippen LogP contribution in [0.15, 0.2) is 42.5 Å². The number of rotatable bonds is 12. The van der Waals surface area contributed by atoms with Crippen molar-refractivity contribution in [2.75, 3.05) is 45.0 Å². The highest BCUT2D eigenvalue weighted by Gasteiger charge is 2.10. The lowest BCUT2D eigenvalue weighted by Crippen LogP contribution is -2.28. The molecular weight excluding hydrogens is 467 g/mol. The third-order valence-corrected chi connectivity index (χ3v) is 3.86. The van der Waals surface area contributed by atoms with E-state index in [1.54, 1.807) is 36.4 Å². The first kappa shape index (κ1) is 28.0. The smallest absolute Gasteiger partial charge is 0.308 e. The number of carbonyl (C=O) groups excluding carboxylic acids is 1. The third kappa shape index (κ3) is 11.0. The molecule has 0 aliphatic carbocycles. The first-order chi connectivity index (χ1) is 15.4. The summed E-state index contributed by atoms with van der Waals surface area (Å²) in [5.74, 6) is 0.0329. The van der Waals surface area contributed by atoms with E-state index in [-0.39, 0.29) is 45.6 Å². The molecule has 4 N–H and O–H groups in total.